The van der Waals surface area contributed by atoms with Gasteiger partial charge >= 0.3 is 0 Å². The fraction of sp³-hybridized carbons (Fsp3) is 0.429. The van der Waals surface area contributed by atoms with E-state index in [0.29, 0.717) is 23.8 Å². The third-order valence-corrected chi connectivity index (χ3v) is 4.99. The summed E-state index contributed by atoms with van der Waals surface area (Å²) in [6.45, 7) is 4.33. The first-order valence-corrected chi connectivity index (χ1v) is 9.46. The van der Waals surface area contributed by atoms with E-state index in [0.717, 1.165) is 31.9 Å². The van der Waals surface area contributed by atoms with Gasteiger partial charge < -0.3 is 29.1 Å². The maximum atomic E-state index is 13.1. The molecule has 28 heavy (non-hydrogen) atoms. The van der Waals surface area contributed by atoms with Crippen molar-refractivity contribution in [2.45, 2.75) is 6.10 Å². The lowest BCUT2D eigenvalue weighted by Crippen LogP contribution is -3.16. The van der Waals surface area contributed by atoms with Crippen LogP contribution in [0.1, 0.15) is 0 Å². The lowest BCUT2D eigenvalue weighted by molar-refractivity contribution is -0.903. The molecule has 0 bridgehead atoms. The van der Waals surface area contributed by atoms with Crippen molar-refractivity contribution in [3.05, 3.63) is 48.3 Å². The van der Waals surface area contributed by atoms with E-state index in [-0.39, 0.29) is 12.4 Å². The lowest BCUT2D eigenvalue weighted by atomic mass is 10.2. The van der Waals surface area contributed by atoms with Gasteiger partial charge in [0.25, 0.3) is 0 Å². The number of nitrogens with one attached hydrogen (secondary N) is 1. The second-order valence-electron chi connectivity index (χ2n) is 6.87. The molecule has 2 N–H and O–H groups in total. The number of quaternary nitrogens is 1. The van der Waals surface area contributed by atoms with Gasteiger partial charge in [0, 0.05) is 5.69 Å². The van der Waals surface area contributed by atoms with Crippen molar-refractivity contribution in [2.24, 2.45) is 0 Å². The molecule has 1 aliphatic rings. The Hall–Kier alpha value is -2.51. The molecule has 3 rings (SSSR count). The maximum Gasteiger partial charge on any atom is 0.203 e. The summed E-state index contributed by atoms with van der Waals surface area (Å²) in [6, 6.07) is 12.0. The van der Waals surface area contributed by atoms with E-state index in [4.69, 9.17) is 14.2 Å². The molecule has 0 amide bonds. The monoisotopic (exact) mass is 391 g/mol. The first kappa shape index (κ1) is 20.2. The van der Waals surface area contributed by atoms with E-state index in [2.05, 4.69) is 4.90 Å². The smallest absolute Gasteiger partial charge is 0.203 e. The highest BCUT2D eigenvalue weighted by molar-refractivity contribution is 5.51. The Bertz CT molecular complexity index is 726. The summed E-state index contributed by atoms with van der Waals surface area (Å²) < 4.78 is 29.5. The molecule has 1 atom stereocenters. The van der Waals surface area contributed by atoms with Gasteiger partial charge in [-0.15, -0.1) is 0 Å². The average molecular weight is 391 g/mol. The van der Waals surface area contributed by atoms with Gasteiger partial charge in [-0.2, -0.15) is 0 Å². The number of aliphatic hydroxyl groups is 1. The van der Waals surface area contributed by atoms with Crippen LogP contribution in [0, 0.1) is 5.82 Å². The summed E-state index contributed by atoms with van der Waals surface area (Å²) in [6.07, 6.45) is -0.595. The molecule has 1 saturated heterocycles. The first-order valence-electron chi connectivity index (χ1n) is 9.46. The van der Waals surface area contributed by atoms with Crippen LogP contribution in [0.5, 0.6) is 17.2 Å². The van der Waals surface area contributed by atoms with Crippen molar-refractivity contribution < 1.29 is 28.6 Å². The Labute approximate surface area is 165 Å². The molecule has 2 aromatic carbocycles. The van der Waals surface area contributed by atoms with Gasteiger partial charge in [0.05, 0.1) is 40.4 Å². The molecule has 1 heterocycles. The highest BCUT2D eigenvalue weighted by Crippen LogP contribution is 2.36. The Morgan fingerprint density at radius 1 is 1.04 bits per heavy atom. The summed E-state index contributed by atoms with van der Waals surface area (Å²) in [5, 5.41) is 10.4. The van der Waals surface area contributed by atoms with Crippen LogP contribution < -0.4 is 24.0 Å². The molecule has 0 unspecified atom stereocenters. The summed E-state index contributed by atoms with van der Waals surface area (Å²) in [7, 11) is 3.14. The number of methoxy groups -OCH3 is 2. The molecule has 0 radical (unpaired) electrons. The van der Waals surface area contributed by atoms with Gasteiger partial charge in [-0.25, -0.2) is 4.39 Å². The van der Waals surface area contributed by atoms with Crippen LogP contribution in [0.25, 0.3) is 0 Å². The van der Waals surface area contributed by atoms with Gasteiger partial charge in [-0.3, -0.25) is 0 Å². The number of piperazine rings is 1. The number of anilines is 1. The topological polar surface area (TPSA) is 55.6 Å². The minimum Gasteiger partial charge on any atom is -0.493 e. The summed E-state index contributed by atoms with van der Waals surface area (Å²) in [4.78, 5) is 3.56. The highest BCUT2D eigenvalue weighted by atomic mass is 19.1. The number of benzene rings is 2. The molecule has 2 aromatic rings. The third kappa shape index (κ3) is 5.05. The van der Waals surface area contributed by atoms with Crippen molar-refractivity contribution in [1.29, 1.82) is 0 Å². The zero-order valence-electron chi connectivity index (χ0n) is 16.4. The Kier molecular flexibility index (Phi) is 6.95. The maximum absolute atomic E-state index is 13.1. The minimum absolute atomic E-state index is 0.169. The van der Waals surface area contributed by atoms with Crippen LogP contribution in [-0.4, -0.2) is 64.8 Å². The van der Waals surface area contributed by atoms with Crippen molar-refractivity contribution in [2.75, 3.05) is 58.5 Å². The van der Waals surface area contributed by atoms with Crippen LogP contribution in [0.3, 0.4) is 0 Å². The third-order valence-electron chi connectivity index (χ3n) is 4.99. The van der Waals surface area contributed by atoms with Crippen molar-refractivity contribution in [3.8, 4) is 17.2 Å². The van der Waals surface area contributed by atoms with Gasteiger partial charge in [-0.1, -0.05) is 6.07 Å². The van der Waals surface area contributed by atoms with Crippen LogP contribution >= 0.6 is 0 Å². The second-order valence-corrected chi connectivity index (χ2v) is 6.87. The van der Waals surface area contributed by atoms with Crippen LogP contribution in [0.2, 0.25) is 0 Å². The summed E-state index contributed by atoms with van der Waals surface area (Å²) in [5.74, 6) is 1.43. The Morgan fingerprint density at radius 3 is 2.21 bits per heavy atom. The summed E-state index contributed by atoms with van der Waals surface area (Å²) >= 11 is 0. The lowest BCUT2D eigenvalue weighted by Gasteiger charge is -2.34. The molecule has 7 heteroatoms. The van der Waals surface area contributed by atoms with Gasteiger partial charge in [0.15, 0.2) is 11.5 Å². The van der Waals surface area contributed by atoms with Crippen LogP contribution in [-0.2, 0) is 0 Å². The zero-order chi connectivity index (χ0) is 19.9. The van der Waals surface area contributed by atoms with E-state index >= 15 is 0 Å². The van der Waals surface area contributed by atoms with E-state index in [1.807, 2.05) is 18.2 Å². The van der Waals surface area contributed by atoms with Crippen molar-refractivity contribution in [3.63, 3.8) is 0 Å². The fourth-order valence-electron chi connectivity index (χ4n) is 3.47. The molecular weight excluding hydrogens is 363 g/mol. The predicted octanol–water partition coefficient (Wildman–Crippen LogP) is 0.988. The number of rotatable bonds is 8. The predicted molar refractivity (Wildman–Crippen MR) is 105 cm³/mol. The normalized spacial score (nSPS) is 15.9. The van der Waals surface area contributed by atoms with E-state index < -0.39 is 6.10 Å². The van der Waals surface area contributed by atoms with Crippen LogP contribution in [0.4, 0.5) is 10.1 Å². The standard InChI is InChI=1S/C21H27FN2O4/c1-26-19-4-3-5-20(27-2)21(19)28-15-18(25)14-23-10-12-24(13-11-23)17-8-6-16(22)7-9-17/h3-9,18,25H,10-15H2,1-2H3/p+1/t18-/m0/s1. The molecule has 6 nitrogen and oxygen atoms in total. The highest BCUT2D eigenvalue weighted by Gasteiger charge is 2.23. The minimum atomic E-state index is -0.595. The molecule has 1 aliphatic heterocycles. The average Bonchev–Trinajstić information content (AvgIpc) is 2.73. The Morgan fingerprint density at radius 2 is 1.64 bits per heavy atom. The van der Waals surface area contributed by atoms with E-state index in [1.54, 1.807) is 26.4 Å². The largest absolute Gasteiger partial charge is 0.493 e. The number of halogens is 1. The van der Waals surface area contributed by atoms with Crippen molar-refractivity contribution in [1.82, 2.24) is 0 Å². The number of para-hydroxylation sites is 1. The second kappa shape index (κ2) is 9.61. The fourth-order valence-corrected chi connectivity index (χ4v) is 3.47. The van der Waals surface area contributed by atoms with E-state index in [9.17, 15) is 9.50 Å². The Balaban J connectivity index is 1.47. The molecule has 152 valence electrons. The molecule has 0 saturated carbocycles. The summed E-state index contributed by atoms with van der Waals surface area (Å²) in [5.41, 5.74) is 1.03. The quantitative estimate of drug-likeness (QED) is 0.703. The number of hydrogen-bond donors (Lipinski definition) is 2. The van der Waals surface area contributed by atoms with Gasteiger partial charge in [0.2, 0.25) is 5.75 Å². The molecular formula is C21H28FN2O4+. The number of ether oxygens (including phenoxy) is 3. The number of hydrogen-bond acceptors (Lipinski definition) is 5. The number of nitrogens with zero attached hydrogens (tertiary/aromatic N) is 1. The van der Waals surface area contributed by atoms with E-state index in [1.165, 1.54) is 17.0 Å². The molecule has 0 aromatic heterocycles. The SMILES string of the molecule is COc1cccc(OC)c1OC[C@@H](O)C[NH+]1CCN(c2ccc(F)cc2)CC1. The zero-order valence-corrected chi connectivity index (χ0v) is 16.4. The van der Waals surface area contributed by atoms with Gasteiger partial charge in [0.1, 0.15) is 25.1 Å². The molecule has 0 aliphatic carbocycles. The molecule has 0 spiro atoms. The van der Waals surface area contributed by atoms with Gasteiger partial charge in [-0.05, 0) is 36.4 Å². The molecule has 1 fully saturated rings. The number of aliphatic hydroxyl groups excluding tert-OH is 1. The van der Waals surface area contributed by atoms with Crippen LogP contribution in [0.15, 0.2) is 42.5 Å². The van der Waals surface area contributed by atoms with Crippen molar-refractivity contribution >= 4 is 5.69 Å². The first-order chi connectivity index (χ1) is 13.6.